The van der Waals surface area contributed by atoms with Gasteiger partial charge in [-0.3, -0.25) is 4.79 Å². The van der Waals surface area contributed by atoms with Crippen LogP contribution >= 0.6 is 11.6 Å². The monoisotopic (exact) mass is 249 g/mol. The molecular weight excluding hydrogens is 238 g/mol. The van der Waals surface area contributed by atoms with Crippen molar-refractivity contribution in [1.29, 1.82) is 0 Å². The maximum atomic E-state index is 11.2. The first-order chi connectivity index (χ1) is 8.20. The van der Waals surface area contributed by atoms with Gasteiger partial charge in [0.1, 0.15) is 5.88 Å². The van der Waals surface area contributed by atoms with Crippen LogP contribution in [0.3, 0.4) is 0 Å². The summed E-state index contributed by atoms with van der Waals surface area (Å²) in [5.41, 5.74) is 1.84. The number of nitrogens with one attached hydrogen (secondary N) is 1. The predicted molar refractivity (Wildman–Crippen MR) is 67.7 cm³/mol. The molecule has 17 heavy (non-hydrogen) atoms. The molecule has 1 N–H and O–H groups in total. The lowest BCUT2D eigenvalue weighted by molar-refractivity contribution is -0.113. The van der Waals surface area contributed by atoms with Gasteiger partial charge in [0.25, 0.3) is 0 Å². The zero-order valence-corrected chi connectivity index (χ0v) is 10.1. The summed E-state index contributed by atoms with van der Waals surface area (Å²) in [5, 5.41) is 6.94. The lowest BCUT2D eigenvalue weighted by Gasteiger charge is -2.00. The van der Waals surface area contributed by atoms with E-state index in [1.807, 2.05) is 43.5 Å². The number of carbonyl (C=O) groups is 1. The Kier molecular flexibility index (Phi) is 3.44. The van der Waals surface area contributed by atoms with Crippen LogP contribution in [0.1, 0.15) is 5.56 Å². The fourth-order valence-corrected chi connectivity index (χ4v) is 1.53. The van der Waals surface area contributed by atoms with Crippen molar-refractivity contribution in [2.45, 2.75) is 6.92 Å². The van der Waals surface area contributed by atoms with E-state index in [1.54, 1.807) is 4.68 Å². The summed E-state index contributed by atoms with van der Waals surface area (Å²) in [7, 11) is 0. The third-order valence-electron chi connectivity index (χ3n) is 2.30. The van der Waals surface area contributed by atoms with Gasteiger partial charge in [0.2, 0.25) is 5.91 Å². The molecule has 1 aromatic heterocycles. The minimum atomic E-state index is -0.256. The Balaban J connectivity index is 2.28. The van der Waals surface area contributed by atoms with Crippen LogP contribution in [0.4, 0.5) is 5.82 Å². The number of halogens is 1. The zero-order valence-electron chi connectivity index (χ0n) is 9.35. The maximum Gasteiger partial charge on any atom is 0.240 e. The van der Waals surface area contributed by atoms with Crippen molar-refractivity contribution in [1.82, 2.24) is 9.78 Å². The van der Waals surface area contributed by atoms with Crippen molar-refractivity contribution in [2.75, 3.05) is 11.2 Å². The Bertz CT molecular complexity index is 522. The average molecular weight is 250 g/mol. The molecule has 2 rings (SSSR count). The van der Waals surface area contributed by atoms with Crippen LogP contribution < -0.4 is 5.32 Å². The van der Waals surface area contributed by atoms with E-state index in [0.717, 1.165) is 11.3 Å². The standard InChI is InChI=1S/C12H12ClN3O/c1-9-8-16(10-5-3-2-4-6-10)15-12(9)14-11(17)7-13/h2-6,8H,7H2,1H3,(H,14,15,17). The van der Waals surface area contributed by atoms with Crippen LogP contribution in [-0.4, -0.2) is 21.6 Å². The largest absolute Gasteiger partial charge is 0.308 e. The number of nitrogens with zero attached hydrogens (tertiary/aromatic N) is 2. The fourth-order valence-electron chi connectivity index (χ4n) is 1.46. The number of benzene rings is 1. The lowest BCUT2D eigenvalue weighted by atomic mass is 10.3. The molecule has 0 unspecified atom stereocenters. The highest BCUT2D eigenvalue weighted by atomic mass is 35.5. The van der Waals surface area contributed by atoms with Gasteiger partial charge in [-0.05, 0) is 19.1 Å². The number of alkyl halides is 1. The second kappa shape index (κ2) is 5.01. The molecule has 1 heterocycles. The smallest absolute Gasteiger partial charge is 0.240 e. The van der Waals surface area contributed by atoms with E-state index in [0.29, 0.717) is 5.82 Å². The molecule has 0 saturated carbocycles. The van der Waals surface area contributed by atoms with Crippen molar-refractivity contribution < 1.29 is 4.79 Å². The van der Waals surface area contributed by atoms with Crippen molar-refractivity contribution in [3.05, 3.63) is 42.1 Å². The van der Waals surface area contributed by atoms with Gasteiger partial charge in [0.05, 0.1) is 5.69 Å². The van der Waals surface area contributed by atoms with Crippen LogP contribution in [0.2, 0.25) is 0 Å². The molecule has 0 atom stereocenters. The minimum Gasteiger partial charge on any atom is -0.308 e. The van der Waals surface area contributed by atoms with Crippen LogP contribution in [-0.2, 0) is 4.79 Å². The van der Waals surface area contributed by atoms with Crippen LogP contribution in [0, 0.1) is 6.92 Å². The number of rotatable bonds is 3. The molecule has 0 aliphatic rings. The topological polar surface area (TPSA) is 46.9 Å². The van der Waals surface area contributed by atoms with Crippen molar-refractivity contribution in [3.63, 3.8) is 0 Å². The third kappa shape index (κ3) is 2.65. The number of hydrogen-bond donors (Lipinski definition) is 1. The summed E-state index contributed by atoms with van der Waals surface area (Å²) in [6.45, 7) is 1.89. The number of aryl methyl sites for hydroxylation is 1. The normalized spacial score (nSPS) is 10.2. The van der Waals surface area contributed by atoms with Crippen LogP contribution in [0.25, 0.3) is 5.69 Å². The van der Waals surface area contributed by atoms with Gasteiger partial charge in [-0.15, -0.1) is 16.7 Å². The first kappa shape index (κ1) is 11.7. The van der Waals surface area contributed by atoms with Crippen molar-refractivity contribution in [3.8, 4) is 5.69 Å². The summed E-state index contributed by atoms with van der Waals surface area (Å²) in [6, 6.07) is 9.70. The number of anilines is 1. The van der Waals surface area contributed by atoms with E-state index in [2.05, 4.69) is 10.4 Å². The summed E-state index contributed by atoms with van der Waals surface area (Å²) < 4.78 is 1.72. The molecule has 0 bridgehead atoms. The molecule has 5 heteroatoms. The maximum absolute atomic E-state index is 11.2. The van der Waals surface area contributed by atoms with E-state index in [-0.39, 0.29) is 11.8 Å². The Morgan fingerprint density at radius 3 is 2.76 bits per heavy atom. The van der Waals surface area contributed by atoms with Gasteiger partial charge >= 0.3 is 0 Å². The minimum absolute atomic E-state index is 0.0718. The quantitative estimate of drug-likeness (QED) is 0.849. The number of para-hydroxylation sites is 1. The summed E-state index contributed by atoms with van der Waals surface area (Å²) in [5.74, 6) is 0.213. The Hall–Kier alpha value is -1.81. The Labute approximate surface area is 104 Å². The van der Waals surface area contributed by atoms with Gasteiger partial charge < -0.3 is 5.32 Å². The molecule has 0 saturated heterocycles. The molecule has 88 valence electrons. The molecule has 0 spiro atoms. The summed E-state index contributed by atoms with van der Waals surface area (Å²) in [4.78, 5) is 11.2. The van der Waals surface area contributed by atoms with E-state index < -0.39 is 0 Å². The van der Waals surface area contributed by atoms with Crippen LogP contribution in [0.5, 0.6) is 0 Å². The molecule has 0 aliphatic carbocycles. The lowest BCUT2D eigenvalue weighted by Crippen LogP contribution is -2.13. The first-order valence-corrected chi connectivity index (χ1v) is 5.71. The highest BCUT2D eigenvalue weighted by Crippen LogP contribution is 2.15. The van der Waals surface area contributed by atoms with Gasteiger partial charge in [0.15, 0.2) is 5.82 Å². The highest BCUT2D eigenvalue weighted by Gasteiger charge is 2.08. The fraction of sp³-hybridized carbons (Fsp3) is 0.167. The van der Waals surface area contributed by atoms with Gasteiger partial charge in [-0.1, -0.05) is 18.2 Å². The van der Waals surface area contributed by atoms with E-state index >= 15 is 0 Å². The SMILES string of the molecule is Cc1cn(-c2ccccc2)nc1NC(=O)CCl. The highest BCUT2D eigenvalue weighted by molar-refractivity contribution is 6.29. The zero-order chi connectivity index (χ0) is 12.3. The molecule has 0 aliphatic heterocycles. The second-order valence-electron chi connectivity index (χ2n) is 3.62. The van der Waals surface area contributed by atoms with E-state index in [9.17, 15) is 4.79 Å². The average Bonchev–Trinajstić information content (AvgIpc) is 2.72. The molecule has 1 amide bonds. The van der Waals surface area contributed by atoms with Gasteiger partial charge in [-0.25, -0.2) is 4.68 Å². The predicted octanol–water partition coefficient (Wildman–Crippen LogP) is 2.36. The number of aromatic nitrogens is 2. The number of hydrogen-bond acceptors (Lipinski definition) is 2. The Morgan fingerprint density at radius 1 is 1.41 bits per heavy atom. The molecule has 0 radical (unpaired) electrons. The summed E-state index contributed by atoms with van der Waals surface area (Å²) >= 11 is 5.43. The molecular formula is C12H12ClN3O. The Morgan fingerprint density at radius 2 is 2.12 bits per heavy atom. The number of carbonyl (C=O) groups excluding carboxylic acids is 1. The van der Waals surface area contributed by atoms with Crippen LogP contribution in [0.15, 0.2) is 36.5 Å². The molecule has 1 aromatic carbocycles. The van der Waals surface area contributed by atoms with Gasteiger partial charge in [-0.2, -0.15) is 0 Å². The third-order valence-corrected chi connectivity index (χ3v) is 2.54. The molecule has 2 aromatic rings. The van der Waals surface area contributed by atoms with Gasteiger partial charge in [0, 0.05) is 11.8 Å². The van der Waals surface area contributed by atoms with E-state index in [4.69, 9.17) is 11.6 Å². The first-order valence-electron chi connectivity index (χ1n) is 5.18. The van der Waals surface area contributed by atoms with Crippen molar-refractivity contribution in [2.24, 2.45) is 0 Å². The number of amides is 1. The second-order valence-corrected chi connectivity index (χ2v) is 3.89. The molecule has 0 fully saturated rings. The van der Waals surface area contributed by atoms with Crippen molar-refractivity contribution >= 4 is 23.3 Å². The summed E-state index contributed by atoms with van der Waals surface area (Å²) in [6.07, 6.45) is 1.86. The molecule has 4 nitrogen and oxygen atoms in total. The van der Waals surface area contributed by atoms with E-state index in [1.165, 1.54) is 0 Å².